The van der Waals surface area contributed by atoms with Gasteiger partial charge in [0.2, 0.25) is 0 Å². The van der Waals surface area contributed by atoms with Crippen molar-refractivity contribution in [1.29, 1.82) is 0 Å². The molecule has 1 rings (SSSR count). The van der Waals surface area contributed by atoms with Gasteiger partial charge in [0.1, 0.15) is 5.82 Å². The summed E-state index contributed by atoms with van der Waals surface area (Å²) in [5.74, 6) is -0.328. The lowest BCUT2D eigenvalue weighted by Crippen LogP contribution is -2.18. The highest BCUT2D eigenvalue weighted by Crippen LogP contribution is 2.22. The van der Waals surface area contributed by atoms with Crippen molar-refractivity contribution in [1.82, 2.24) is 5.32 Å². The first-order chi connectivity index (χ1) is 6.56. The van der Waals surface area contributed by atoms with Crippen molar-refractivity contribution >= 4 is 0 Å². The molecule has 0 saturated heterocycles. The number of benzene rings is 1. The molecule has 0 heterocycles. The van der Waals surface area contributed by atoms with Gasteiger partial charge in [-0.25, -0.2) is 4.39 Å². The quantitative estimate of drug-likeness (QED) is 0.773. The maximum Gasteiger partial charge on any atom is 0.129 e. The molecular formula is C11H16FNO. The molecule has 1 unspecified atom stereocenters. The Bertz CT molecular complexity index is 302. The topological polar surface area (TPSA) is 32.3 Å². The van der Waals surface area contributed by atoms with Gasteiger partial charge in [-0.15, -0.1) is 0 Å². The fourth-order valence-electron chi connectivity index (χ4n) is 1.64. The molecule has 0 saturated carbocycles. The van der Waals surface area contributed by atoms with Gasteiger partial charge in [-0.1, -0.05) is 6.07 Å². The SMILES string of the molecule is CNCC(O)c1c(C)cc(C)cc1F. The molecule has 0 spiro atoms. The maximum absolute atomic E-state index is 13.5. The second kappa shape index (κ2) is 4.53. The third-order valence-corrected chi connectivity index (χ3v) is 2.21. The summed E-state index contributed by atoms with van der Waals surface area (Å²) in [5.41, 5.74) is 2.07. The summed E-state index contributed by atoms with van der Waals surface area (Å²) in [5, 5.41) is 12.5. The van der Waals surface area contributed by atoms with Gasteiger partial charge in [0.05, 0.1) is 6.10 Å². The average Bonchev–Trinajstić information content (AvgIpc) is 2.01. The number of nitrogens with one attached hydrogen (secondary N) is 1. The molecule has 0 amide bonds. The van der Waals surface area contributed by atoms with E-state index in [0.717, 1.165) is 11.1 Å². The summed E-state index contributed by atoms with van der Waals surface area (Å²) in [7, 11) is 1.73. The Balaban J connectivity index is 3.07. The van der Waals surface area contributed by atoms with E-state index < -0.39 is 6.10 Å². The van der Waals surface area contributed by atoms with Crippen LogP contribution in [0.3, 0.4) is 0 Å². The first kappa shape index (κ1) is 11.1. The summed E-state index contributed by atoms with van der Waals surface area (Å²) >= 11 is 0. The number of aliphatic hydroxyl groups is 1. The highest BCUT2D eigenvalue weighted by atomic mass is 19.1. The molecule has 0 radical (unpaired) electrons. The molecule has 0 aliphatic rings. The standard InChI is InChI=1S/C11H16FNO/c1-7-4-8(2)11(9(12)5-7)10(14)6-13-3/h4-5,10,13-14H,6H2,1-3H3. The molecule has 0 aliphatic heterocycles. The summed E-state index contributed by atoms with van der Waals surface area (Å²) in [6.45, 7) is 4.01. The van der Waals surface area contributed by atoms with Crippen LogP contribution in [0.5, 0.6) is 0 Å². The van der Waals surface area contributed by atoms with Crippen LogP contribution in [0.15, 0.2) is 12.1 Å². The van der Waals surface area contributed by atoms with Crippen molar-refractivity contribution in [2.24, 2.45) is 0 Å². The largest absolute Gasteiger partial charge is 0.387 e. The van der Waals surface area contributed by atoms with Gasteiger partial charge in [-0.3, -0.25) is 0 Å². The minimum atomic E-state index is -0.777. The van der Waals surface area contributed by atoms with E-state index >= 15 is 0 Å². The number of aliphatic hydroxyl groups excluding tert-OH is 1. The van der Waals surface area contributed by atoms with Gasteiger partial charge in [0, 0.05) is 12.1 Å². The number of rotatable bonds is 3. The van der Waals surface area contributed by atoms with E-state index in [1.807, 2.05) is 19.9 Å². The monoisotopic (exact) mass is 197 g/mol. The summed E-state index contributed by atoms with van der Waals surface area (Å²) in [6.07, 6.45) is -0.777. The van der Waals surface area contributed by atoms with Gasteiger partial charge in [-0.05, 0) is 38.1 Å². The Hall–Kier alpha value is -0.930. The summed E-state index contributed by atoms with van der Waals surface area (Å²) in [6, 6.07) is 3.32. The van der Waals surface area contributed by atoms with E-state index in [1.54, 1.807) is 7.05 Å². The van der Waals surface area contributed by atoms with Crippen molar-refractivity contribution in [3.05, 3.63) is 34.6 Å². The zero-order valence-electron chi connectivity index (χ0n) is 8.76. The number of hydrogen-bond donors (Lipinski definition) is 2. The summed E-state index contributed by atoms with van der Waals surface area (Å²) < 4.78 is 13.5. The fourth-order valence-corrected chi connectivity index (χ4v) is 1.64. The molecular weight excluding hydrogens is 181 g/mol. The van der Waals surface area contributed by atoms with Crippen molar-refractivity contribution in [3.63, 3.8) is 0 Å². The van der Waals surface area contributed by atoms with Crippen molar-refractivity contribution in [2.45, 2.75) is 20.0 Å². The van der Waals surface area contributed by atoms with E-state index in [1.165, 1.54) is 6.07 Å². The molecule has 14 heavy (non-hydrogen) atoms. The fraction of sp³-hybridized carbons (Fsp3) is 0.455. The lowest BCUT2D eigenvalue weighted by atomic mass is 10.0. The van der Waals surface area contributed by atoms with Crippen LogP contribution in [0.4, 0.5) is 4.39 Å². The number of likely N-dealkylation sites (N-methyl/N-ethyl adjacent to an activating group) is 1. The van der Waals surface area contributed by atoms with Crippen molar-refractivity contribution < 1.29 is 9.50 Å². The highest BCUT2D eigenvalue weighted by molar-refractivity contribution is 5.33. The van der Waals surface area contributed by atoms with Gasteiger partial charge in [0.15, 0.2) is 0 Å². The number of aryl methyl sites for hydroxylation is 2. The molecule has 0 aliphatic carbocycles. The number of hydrogen-bond acceptors (Lipinski definition) is 2. The van der Waals surface area contributed by atoms with Crippen molar-refractivity contribution in [3.8, 4) is 0 Å². The molecule has 1 aromatic carbocycles. The Morgan fingerprint density at radius 1 is 1.43 bits per heavy atom. The van der Waals surface area contributed by atoms with Crippen LogP contribution in [-0.2, 0) is 0 Å². The van der Waals surface area contributed by atoms with Crippen LogP contribution in [0, 0.1) is 19.7 Å². The molecule has 1 atom stereocenters. The Morgan fingerprint density at radius 2 is 2.07 bits per heavy atom. The normalized spacial score (nSPS) is 12.9. The minimum absolute atomic E-state index is 0.328. The van der Waals surface area contributed by atoms with Crippen LogP contribution in [-0.4, -0.2) is 18.7 Å². The summed E-state index contributed by atoms with van der Waals surface area (Å²) in [4.78, 5) is 0. The lowest BCUT2D eigenvalue weighted by molar-refractivity contribution is 0.172. The maximum atomic E-state index is 13.5. The Morgan fingerprint density at radius 3 is 2.57 bits per heavy atom. The molecule has 78 valence electrons. The van der Waals surface area contributed by atoms with Gasteiger partial charge < -0.3 is 10.4 Å². The second-order valence-corrected chi connectivity index (χ2v) is 3.55. The second-order valence-electron chi connectivity index (χ2n) is 3.55. The molecule has 0 bridgehead atoms. The highest BCUT2D eigenvalue weighted by Gasteiger charge is 2.14. The van der Waals surface area contributed by atoms with Crippen LogP contribution < -0.4 is 5.32 Å². The number of halogens is 1. The van der Waals surface area contributed by atoms with Crippen LogP contribution in [0.2, 0.25) is 0 Å². The zero-order chi connectivity index (χ0) is 10.7. The minimum Gasteiger partial charge on any atom is -0.387 e. The lowest BCUT2D eigenvalue weighted by Gasteiger charge is -2.14. The first-order valence-corrected chi connectivity index (χ1v) is 4.65. The Kier molecular flexibility index (Phi) is 3.61. The van der Waals surface area contributed by atoms with Crippen LogP contribution in [0.1, 0.15) is 22.8 Å². The smallest absolute Gasteiger partial charge is 0.129 e. The van der Waals surface area contributed by atoms with E-state index in [-0.39, 0.29) is 5.82 Å². The van der Waals surface area contributed by atoms with Crippen molar-refractivity contribution in [2.75, 3.05) is 13.6 Å². The molecule has 2 N–H and O–H groups in total. The molecule has 1 aromatic rings. The van der Waals surface area contributed by atoms with Gasteiger partial charge >= 0.3 is 0 Å². The molecule has 0 aromatic heterocycles. The molecule has 3 heteroatoms. The zero-order valence-corrected chi connectivity index (χ0v) is 8.76. The van der Waals surface area contributed by atoms with E-state index in [0.29, 0.717) is 12.1 Å². The predicted molar refractivity (Wildman–Crippen MR) is 54.8 cm³/mol. The van der Waals surface area contributed by atoms with Gasteiger partial charge in [-0.2, -0.15) is 0 Å². The van der Waals surface area contributed by atoms with E-state index in [4.69, 9.17) is 0 Å². The first-order valence-electron chi connectivity index (χ1n) is 4.65. The third-order valence-electron chi connectivity index (χ3n) is 2.21. The van der Waals surface area contributed by atoms with Gasteiger partial charge in [0.25, 0.3) is 0 Å². The molecule has 2 nitrogen and oxygen atoms in total. The van der Waals surface area contributed by atoms with E-state index in [9.17, 15) is 9.50 Å². The third kappa shape index (κ3) is 2.30. The average molecular weight is 197 g/mol. The van der Waals surface area contributed by atoms with Crippen LogP contribution in [0.25, 0.3) is 0 Å². The van der Waals surface area contributed by atoms with E-state index in [2.05, 4.69) is 5.32 Å². The van der Waals surface area contributed by atoms with Crippen LogP contribution >= 0.6 is 0 Å². The molecule has 0 fully saturated rings. The Labute approximate surface area is 83.8 Å². The predicted octanol–water partition coefficient (Wildman–Crippen LogP) is 1.70.